The molecule has 2 rings (SSSR count). The van der Waals surface area contributed by atoms with Crippen molar-refractivity contribution in [2.75, 3.05) is 48.5 Å². The predicted octanol–water partition coefficient (Wildman–Crippen LogP) is 1.63. The van der Waals surface area contributed by atoms with Crippen LogP contribution in [0.4, 0.5) is 0 Å². The van der Waals surface area contributed by atoms with Gasteiger partial charge in [-0.25, -0.2) is 8.42 Å². The second-order valence-corrected chi connectivity index (χ2v) is 9.52. The Morgan fingerprint density at radius 2 is 1.58 bits per heavy atom. The molecular weight excluding hydrogens is 426 g/mol. The van der Waals surface area contributed by atoms with Gasteiger partial charge in [-0.15, -0.1) is 0 Å². The molecule has 0 spiro atoms. The van der Waals surface area contributed by atoms with Crippen molar-refractivity contribution < 1.29 is 40.7 Å². The lowest BCUT2D eigenvalue weighted by atomic mass is 9.69. The summed E-state index contributed by atoms with van der Waals surface area (Å²) < 4.78 is 42.4. The first-order chi connectivity index (χ1) is 14.4. The summed E-state index contributed by atoms with van der Waals surface area (Å²) in [5, 5.41) is 0. The number of benzene rings is 1. The van der Waals surface area contributed by atoms with Gasteiger partial charge in [-0.1, -0.05) is 43.2 Å². The van der Waals surface area contributed by atoms with E-state index in [2.05, 4.69) is 4.18 Å². The average molecular weight is 460 g/mol. The smallest absolute Gasteiger partial charge is 0.328 e. The van der Waals surface area contributed by atoms with Crippen molar-refractivity contribution in [1.82, 2.24) is 0 Å². The lowest BCUT2D eigenvalue weighted by Crippen LogP contribution is -2.51. The second kappa shape index (κ2) is 11.6. The first-order valence-electron chi connectivity index (χ1n) is 10.0. The number of likely N-dealkylation sites (N-methyl/N-ethyl adjacent to an activating group) is 1. The van der Waals surface area contributed by atoms with E-state index in [-0.39, 0.29) is 12.5 Å². The zero-order valence-electron chi connectivity index (χ0n) is 18.8. The highest BCUT2D eigenvalue weighted by Gasteiger charge is 2.56. The quantitative estimate of drug-likeness (QED) is 0.189. The van der Waals surface area contributed by atoms with Gasteiger partial charge in [0.25, 0.3) is 0 Å². The summed E-state index contributed by atoms with van der Waals surface area (Å²) in [4.78, 5) is 26.1. The van der Waals surface area contributed by atoms with Crippen LogP contribution in [0.3, 0.4) is 0 Å². The molecule has 1 saturated carbocycles. The summed E-state index contributed by atoms with van der Waals surface area (Å²) in [5.41, 5.74) is -0.693. The molecule has 0 radical (unpaired) electrons. The van der Waals surface area contributed by atoms with Gasteiger partial charge in [-0.05, 0) is 24.3 Å². The Morgan fingerprint density at radius 1 is 1.06 bits per heavy atom. The van der Waals surface area contributed by atoms with E-state index >= 15 is 0 Å². The Hall–Kier alpha value is -2.01. The Kier molecular flexibility index (Phi) is 10.1. The maximum Gasteiger partial charge on any atom is 0.328 e. The number of hydrogen-bond donors (Lipinski definition) is 0. The van der Waals surface area contributed by atoms with E-state index in [4.69, 9.17) is 9.47 Å². The van der Waals surface area contributed by atoms with Gasteiger partial charge in [0.1, 0.15) is 13.2 Å². The van der Waals surface area contributed by atoms with Crippen molar-refractivity contribution in [3.05, 3.63) is 35.9 Å². The summed E-state index contributed by atoms with van der Waals surface area (Å²) in [6, 6.07) is 9.23. The molecule has 1 atom stereocenters. The van der Waals surface area contributed by atoms with Gasteiger partial charge in [0, 0.05) is 0 Å². The number of carbonyl (C=O) groups excluding carboxylic acids is 2. The lowest BCUT2D eigenvalue weighted by Gasteiger charge is -2.35. The van der Waals surface area contributed by atoms with Crippen molar-refractivity contribution in [2.24, 2.45) is 5.92 Å². The number of rotatable bonds is 8. The van der Waals surface area contributed by atoms with Crippen LogP contribution in [0.2, 0.25) is 0 Å². The van der Waals surface area contributed by atoms with Crippen LogP contribution in [0, 0.1) is 5.92 Å². The number of esters is 2. The fourth-order valence-electron chi connectivity index (χ4n) is 3.63. The second-order valence-electron chi connectivity index (χ2n) is 8.37. The number of ether oxygens (including phenoxy) is 2. The summed E-state index contributed by atoms with van der Waals surface area (Å²) >= 11 is 0. The van der Waals surface area contributed by atoms with E-state index in [1.165, 1.54) is 7.11 Å². The third-order valence-corrected chi connectivity index (χ3v) is 5.63. The molecule has 0 bridgehead atoms. The zero-order chi connectivity index (χ0) is 23.7. The monoisotopic (exact) mass is 459 g/mol. The number of nitrogens with zero attached hydrogens (tertiary/aromatic N) is 1. The van der Waals surface area contributed by atoms with Crippen molar-refractivity contribution >= 4 is 22.3 Å². The normalized spacial score (nSPS) is 16.6. The van der Waals surface area contributed by atoms with Crippen LogP contribution in [0.1, 0.15) is 31.2 Å². The summed E-state index contributed by atoms with van der Waals surface area (Å²) in [5.74, 6) is -1.08. The molecule has 1 aliphatic rings. The summed E-state index contributed by atoms with van der Waals surface area (Å²) in [7, 11) is 3.85. The molecule has 10 heteroatoms. The predicted molar refractivity (Wildman–Crippen MR) is 113 cm³/mol. The van der Waals surface area contributed by atoms with Gasteiger partial charge in [0.15, 0.2) is 5.41 Å². The van der Waals surface area contributed by atoms with Crippen molar-refractivity contribution in [2.45, 2.75) is 31.1 Å². The molecule has 1 aliphatic carbocycles. The SMILES string of the molecule is COC(=O)C(C(=O)OCC[N+](C)(C)C)(c1ccccc1)C1CCCC1.COS(=O)(=O)[O-]. The number of hydrogen-bond acceptors (Lipinski definition) is 8. The minimum absolute atomic E-state index is 0.0843. The largest absolute Gasteiger partial charge is 0.726 e. The first kappa shape index (κ1) is 27.0. The van der Waals surface area contributed by atoms with Gasteiger partial charge in [0.05, 0.1) is 35.4 Å². The molecular formula is C21H33NO8S. The Bertz CT molecular complexity index is 814. The van der Waals surface area contributed by atoms with Gasteiger partial charge >= 0.3 is 11.9 Å². The van der Waals surface area contributed by atoms with Gasteiger partial charge in [-0.2, -0.15) is 0 Å². The van der Waals surface area contributed by atoms with Crippen LogP contribution in [0.15, 0.2) is 30.3 Å². The molecule has 0 amide bonds. The number of quaternary nitrogens is 1. The highest BCUT2D eigenvalue weighted by molar-refractivity contribution is 7.80. The summed E-state index contributed by atoms with van der Waals surface area (Å²) in [6.45, 7) is 0.961. The standard InChI is InChI=1S/C20H30NO4.CH4O4S/c1-21(2,3)14-15-25-19(23)20(18(22)24-4,17-12-8-9-13-17)16-10-6-5-7-11-16;1-5-6(2,3)4/h5-7,10-11,17H,8-9,12-15H2,1-4H3;1H3,(H,2,3,4)/q+1;/p-1. The molecule has 1 aromatic rings. The highest BCUT2D eigenvalue weighted by atomic mass is 32.3. The van der Waals surface area contributed by atoms with Gasteiger partial charge in [-0.3, -0.25) is 13.8 Å². The van der Waals surface area contributed by atoms with Crippen LogP contribution < -0.4 is 0 Å². The molecule has 31 heavy (non-hydrogen) atoms. The molecule has 0 aromatic heterocycles. The molecule has 1 fully saturated rings. The number of methoxy groups -OCH3 is 1. The van der Waals surface area contributed by atoms with E-state index in [0.29, 0.717) is 16.6 Å². The molecule has 1 aromatic carbocycles. The molecule has 9 nitrogen and oxygen atoms in total. The van der Waals surface area contributed by atoms with Gasteiger partial charge < -0.3 is 18.5 Å². The highest BCUT2D eigenvalue weighted by Crippen LogP contribution is 2.44. The molecule has 176 valence electrons. The Labute approximate surface area is 184 Å². The Balaban J connectivity index is 0.000000703. The van der Waals surface area contributed by atoms with E-state index in [9.17, 15) is 22.6 Å². The molecule has 0 heterocycles. The van der Waals surface area contributed by atoms with Crippen molar-refractivity contribution in [3.63, 3.8) is 0 Å². The van der Waals surface area contributed by atoms with Crippen molar-refractivity contribution in [1.29, 1.82) is 0 Å². The fourth-order valence-corrected chi connectivity index (χ4v) is 3.63. The minimum atomic E-state index is -4.41. The van der Waals surface area contributed by atoms with E-state index in [1.807, 2.05) is 51.5 Å². The molecule has 1 unspecified atom stereocenters. The third-order valence-electron chi connectivity index (χ3n) is 5.23. The topological polar surface area (TPSA) is 119 Å². The molecule has 0 saturated heterocycles. The van der Waals surface area contributed by atoms with Crippen LogP contribution in [0.25, 0.3) is 0 Å². The number of carbonyl (C=O) groups is 2. The zero-order valence-corrected chi connectivity index (χ0v) is 19.6. The van der Waals surface area contributed by atoms with Crippen LogP contribution in [0.5, 0.6) is 0 Å². The minimum Gasteiger partial charge on any atom is -0.726 e. The molecule has 0 N–H and O–H groups in total. The summed E-state index contributed by atoms with van der Waals surface area (Å²) in [6.07, 6.45) is 3.69. The Morgan fingerprint density at radius 3 is 2.00 bits per heavy atom. The molecule has 0 aliphatic heterocycles. The van der Waals surface area contributed by atoms with Gasteiger partial charge in [0.2, 0.25) is 10.4 Å². The fraction of sp³-hybridized carbons (Fsp3) is 0.619. The maximum absolute atomic E-state index is 13.2. The van der Waals surface area contributed by atoms with Crippen LogP contribution >= 0.6 is 0 Å². The van der Waals surface area contributed by atoms with E-state index in [1.54, 1.807) is 0 Å². The van der Waals surface area contributed by atoms with E-state index in [0.717, 1.165) is 32.8 Å². The van der Waals surface area contributed by atoms with Crippen LogP contribution in [-0.4, -0.2) is 77.9 Å². The first-order valence-corrected chi connectivity index (χ1v) is 11.3. The maximum atomic E-state index is 13.2. The van der Waals surface area contributed by atoms with Crippen molar-refractivity contribution in [3.8, 4) is 0 Å². The third kappa shape index (κ3) is 7.88. The average Bonchev–Trinajstić information content (AvgIpc) is 3.23. The van der Waals surface area contributed by atoms with Crippen LogP contribution in [-0.2, 0) is 39.1 Å². The van der Waals surface area contributed by atoms with E-state index < -0.39 is 27.8 Å². The lowest BCUT2D eigenvalue weighted by molar-refractivity contribution is -0.870.